The van der Waals surface area contributed by atoms with Gasteiger partial charge >= 0.3 is 0 Å². The largest absolute Gasteiger partial charge is 0.387 e. The molecule has 7 heteroatoms. The molecule has 0 atom stereocenters. The predicted octanol–water partition coefficient (Wildman–Crippen LogP) is 5.36. The van der Waals surface area contributed by atoms with Crippen molar-refractivity contribution in [2.24, 2.45) is 10.7 Å². The van der Waals surface area contributed by atoms with E-state index in [1.807, 2.05) is 37.3 Å². The van der Waals surface area contributed by atoms with Crippen LogP contribution in [0.3, 0.4) is 0 Å². The first kappa shape index (κ1) is 26.0. The van der Waals surface area contributed by atoms with Crippen LogP contribution in [0.1, 0.15) is 67.9 Å². The maximum atomic E-state index is 12.7. The van der Waals surface area contributed by atoms with Gasteiger partial charge in [0.15, 0.2) is 0 Å². The van der Waals surface area contributed by atoms with E-state index in [2.05, 4.69) is 35.5 Å². The zero-order chi connectivity index (χ0) is 25.2. The molecule has 2 aliphatic rings. The number of aliphatic imine (C=N–C) groups is 1. The van der Waals surface area contributed by atoms with Crippen LogP contribution >= 0.6 is 0 Å². The number of carbonyl (C=O) groups excluding carboxylic acids is 2. The predicted molar refractivity (Wildman–Crippen MR) is 145 cm³/mol. The SMILES string of the molecule is CC1=Cc2ccc(C(=O)Nc3ccc4c(c3)CCCN4)cc2N=C(N)C1.CCCN(C=O)CCC. The minimum Gasteiger partial charge on any atom is -0.387 e. The summed E-state index contributed by atoms with van der Waals surface area (Å²) < 4.78 is 0. The van der Waals surface area contributed by atoms with Gasteiger partial charge in [-0.2, -0.15) is 0 Å². The van der Waals surface area contributed by atoms with E-state index < -0.39 is 0 Å². The van der Waals surface area contributed by atoms with E-state index in [9.17, 15) is 9.59 Å². The monoisotopic (exact) mass is 475 g/mol. The van der Waals surface area contributed by atoms with Crippen molar-refractivity contribution >= 4 is 41.3 Å². The van der Waals surface area contributed by atoms with Crippen LogP contribution in [-0.4, -0.2) is 42.7 Å². The first-order valence-corrected chi connectivity index (χ1v) is 12.4. The minimum absolute atomic E-state index is 0.143. The average molecular weight is 476 g/mol. The van der Waals surface area contributed by atoms with E-state index in [1.165, 1.54) is 5.56 Å². The van der Waals surface area contributed by atoms with Crippen molar-refractivity contribution in [3.05, 3.63) is 58.7 Å². The number of nitrogens with zero attached hydrogens (tertiary/aromatic N) is 2. The fourth-order valence-electron chi connectivity index (χ4n) is 4.25. The summed E-state index contributed by atoms with van der Waals surface area (Å²) in [4.78, 5) is 29.1. The van der Waals surface area contributed by atoms with E-state index >= 15 is 0 Å². The Labute approximate surface area is 208 Å². The van der Waals surface area contributed by atoms with Gasteiger partial charge in [0.2, 0.25) is 6.41 Å². The molecule has 0 radical (unpaired) electrons. The number of carbonyl (C=O) groups is 2. The van der Waals surface area contributed by atoms with Crippen molar-refractivity contribution in [2.75, 3.05) is 30.3 Å². The summed E-state index contributed by atoms with van der Waals surface area (Å²) in [5, 5.41) is 6.37. The van der Waals surface area contributed by atoms with Gasteiger partial charge in [0.05, 0.1) is 5.69 Å². The molecule has 2 amide bonds. The van der Waals surface area contributed by atoms with E-state index in [-0.39, 0.29) is 5.91 Å². The number of anilines is 2. The third kappa shape index (κ3) is 7.44. The maximum Gasteiger partial charge on any atom is 0.255 e. The second-order valence-corrected chi connectivity index (χ2v) is 9.04. The van der Waals surface area contributed by atoms with Crippen LogP contribution in [0, 0.1) is 0 Å². The molecule has 0 spiro atoms. The van der Waals surface area contributed by atoms with Gasteiger partial charge in [0.25, 0.3) is 5.91 Å². The molecule has 4 N–H and O–H groups in total. The summed E-state index contributed by atoms with van der Waals surface area (Å²) in [6.45, 7) is 8.99. The molecule has 7 nitrogen and oxygen atoms in total. The van der Waals surface area contributed by atoms with Crippen LogP contribution in [0.5, 0.6) is 0 Å². The molecule has 186 valence electrons. The Kier molecular flexibility index (Phi) is 9.47. The van der Waals surface area contributed by atoms with Crippen molar-refractivity contribution in [3.8, 4) is 0 Å². The number of nitrogens with one attached hydrogen (secondary N) is 2. The molecule has 35 heavy (non-hydrogen) atoms. The second-order valence-electron chi connectivity index (χ2n) is 9.04. The number of rotatable bonds is 7. The quantitative estimate of drug-likeness (QED) is 0.470. The molecule has 0 bridgehead atoms. The Hall–Kier alpha value is -3.61. The Morgan fingerprint density at radius 2 is 1.94 bits per heavy atom. The molecule has 0 aromatic heterocycles. The highest BCUT2D eigenvalue weighted by Crippen LogP contribution is 2.29. The van der Waals surface area contributed by atoms with Crippen molar-refractivity contribution in [2.45, 2.75) is 52.9 Å². The summed E-state index contributed by atoms with van der Waals surface area (Å²) in [7, 11) is 0. The summed E-state index contributed by atoms with van der Waals surface area (Å²) in [6.07, 6.45) is 7.90. The second kappa shape index (κ2) is 12.7. The third-order valence-corrected chi connectivity index (χ3v) is 5.89. The van der Waals surface area contributed by atoms with E-state index in [1.54, 1.807) is 11.0 Å². The number of fused-ring (bicyclic) bond motifs is 2. The van der Waals surface area contributed by atoms with Gasteiger partial charge in [0, 0.05) is 48.6 Å². The Morgan fingerprint density at radius 3 is 2.66 bits per heavy atom. The van der Waals surface area contributed by atoms with Crippen LogP contribution in [0.2, 0.25) is 0 Å². The lowest BCUT2D eigenvalue weighted by Crippen LogP contribution is -2.23. The standard InChI is InChI=1S/C21H22N4O.C7H15NO/c1-13-9-15-4-5-16(12-19(15)25-20(22)10-13)21(26)24-17-6-7-18-14(11-17)3-2-8-23-18;1-3-5-8(7-9)6-4-2/h4-7,9,11-12,23H,2-3,8,10H2,1H3,(H2,22,25)(H,24,26);7H,3-6H2,1-2H3. The summed E-state index contributed by atoms with van der Waals surface area (Å²) in [6, 6.07) is 11.6. The highest BCUT2D eigenvalue weighted by molar-refractivity contribution is 6.05. The molecule has 0 saturated heterocycles. The molecule has 0 unspecified atom stereocenters. The molecule has 2 aromatic rings. The van der Waals surface area contributed by atoms with Crippen LogP contribution in [-0.2, 0) is 11.2 Å². The maximum absolute atomic E-state index is 12.7. The van der Waals surface area contributed by atoms with Crippen LogP contribution in [0.25, 0.3) is 6.08 Å². The van der Waals surface area contributed by atoms with Gasteiger partial charge in [-0.1, -0.05) is 31.6 Å². The van der Waals surface area contributed by atoms with Crippen molar-refractivity contribution in [1.82, 2.24) is 4.90 Å². The summed E-state index contributed by atoms with van der Waals surface area (Å²) >= 11 is 0. The fourth-order valence-corrected chi connectivity index (χ4v) is 4.25. The van der Waals surface area contributed by atoms with Crippen molar-refractivity contribution < 1.29 is 9.59 Å². The topological polar surface area (TPSA) is 99.8 Å². The molecular formula is C28H37N5O2. The lowest BCUT2D eigenvalue weighted by atomic mass is 10.0. The summed E-state index contributed by atoms with van der Waals surface area (Å²) in [5.41, 5.74) is 12.6. The molecule has 0 aliphatic carbocycles. The van der Waals surface area contributed by atoms with E-state index in [0.29, 0.717) is 17.8 Å². The highest BCUT2D eigenvalue weighted by atomic mass is 16.1. The lowest BCUT2D eigenvalue weighted by molar-refractivity contribution is -0.118. The number of hydrogen-bond acceptors (Lipinski definition) is 5. The Bertz CT molecular complexity index is 1100. The van der Waals surface area contributed by atoms with Crippen LogP contribution in [0.15, 0.2) is 47.0 Å². The molecule has 2 aromatic carbocycles. The normalized spacial score (nSPS) is 13.9. The van der Waals surface area contributed by atoms with Gasteiger partial charge in [-0.15, -0.1) is 0 Å². The van der Waals surface area contributed by atoms with E-state index in [0.717, 1.165) is 79.9 Å². The number of hydrogen-bond donors (Lipinski definition) is 3. The van der Waals surface area contributed by atoms with Gasteiger partial charge in [0.1, 0.15) is 5.84 Å². The third-order valence-electron chi connectivity index (χ3n) is 5.89. The molecule has 0 saturated carbocycles. The summed E-state index contributed by atoms with van der Waals surface area (Å²) in [5.74, 6) is 0.424. The zero-order valence-electron chi connectivity index (χ0n) is 21.1. The molecular weight excluding hydrogens is 438 g/mol. The molecule has 4 rings (SSSR count). The molecule has 2 heterocycles. The first-order valence-electron chi connectivity index (χ1n) is 12.4. The fraction of sp³-hybridized carbons (Fsp3) is 0.393. The Morgan fingerprint density at radius 1 is 1.17 bits per heavy atom. The number of aryl methyl sites for hydroxylation is 1. The van der Waals surface area contributed by atoms with Crippen LogP contribution < -0.4 is 16.4 Å². The number of amidine groups is 1. The van der Waals surface area contributed by atoms with Gasteiger partial charge < -0.3 is 21.3 Å². The first-order chi connectivity index (χ1) is 16.9. The van der Waals surface area contributed by atoms with Crippen molar-refractivity contribution in [1.29, 1.82) is 0 Å². The zero-order valence-corrected chi connectivity index (χ0v) is 21.1. The minimum atomic E-state index is -0.143. The lowest BCUT2D eigenvalue weighted by Gasteiger charge is -2.18. The van der Waals surface area contributed by atoms with Gasteiger partial charge in [-0.3, -0.25) is 9.59 Å². The Balaban J connectivity index is 0.000000327. The van der Waals surface area contributed by atoms with Crippen LogP contribution in [0.4, 0.5) is 17.1 Å². The van der Waals surface area contributed by atoms with Crippen molar-refractivity contribution in [3.63, 3.8) is 0 Å². The average Bonchev–Trinajstić information content (AvgIpc) is 2.99. The number of amides is 2. The number of nitrogens with two attached hydrogens (primary N) is 1. The smallest absolute Gasteiger partial charge is 0.255 e. The highest BCUT2D eigenvalue weighted by Gasteiger charge is 2.14. The molecule has 0 fully saturated rings. The van der Waals surface area contributed by atoms with Gasteiger partial charge in [-0.05, 0) is 68.5 Å². The van der Waals surface area contributed by atoms with Gasteiger partial charge in [-0.25, -0.2) is 4.99 Å². The number of benzene rings is 2. The molecule has 2 aliphatic heterocycles. The van der Waals surface area contributed by atoms with E-state index in [4.69, 9.17) is 5.73 Å².